The SMILES string of the molecule is O=S(=O)(N=C(CS)CS)C(F)(F)F. The highest BCUT2D eigenvalue weighted by molar-refractivity contribution is 7.91. The van der Waals surface area contributed by atoms with Crippen molar-refractivity contribution in [3.8, 4) is 0 Å². The molecule has 0 radical (unpaired) electrons. The normalized spacial score (nSPS) is 12.7. The van der Waals surface area contributed by atoms with E-state index in [-0.39, 0.29) is 17.2 Å². The number of nitrogens with zero attached hydrogens (tertiary/aromatic N) is 1. The molecule has 0 fully saturated rings. The fourth-order valence-corrected chi connectivity index (χ4v) is 1.63. The third-order valence-electron chi connectivity index (χ3n) is 0.907. The van der Waals surface area contributed by atoms with Crippen molar-refractivity contribution in [2.75, 3.05) is 11.5 Å². The Labute approximate surface area is 84.3 Å². The first-order valence-electron chi connectivity index (χ1n) is 2.85. The molecule has 0 aromatic carbocycles. The van der Waals surface area contributed by atoms with Crippen LogP contribution in [0, 0.1) is 0 Å². The summed E-state index contributed by atoms with van der Waals surface area (Å²) in [5.74, 6) is -0.363. The Morgan fingerprint density at radius 2 is 1.62 bits per heavy atom. The molecule has 0 amide bonds. The second-order valence-electron chi connectivity index (χ2n) is 1.89. The van der Waals surface area contributed by atoms with Crippen LogP contribution in [0.5, 0.6) is 0 Å². The van der Waals surface area contributed by atoms with Crippen molar-refractivity contribution in [3.05, 3.63) is 0 Å². The summed E-state index contributed by atoms with van der Waals surface area (Å²) >= 11 is 7.18. The number of thiol groups is 2. The van der Waals surface area contributed by atoms with Crippen molar-refractivity contribution in [2.45, 2.75) is 5.51 Å². The predicted molar refractivity (Wildman–Crippen MR) is 50.1 cm³/mol. The van der Waals surface area contributed by atoms with E-state index in [4.69, 9.17) is 0 Å². The third-order valence-corrected chi connectivity index (χ3v) is 2.72. The van der Waals surface area contributed by atoms with Crippen LogP contribution in [-0.2, 0) is 10.0 Å². The van der Waals surface area contributed by atoms with Gasteiger partial charge in [0.2, 0.25) is 0 Å². The summed E-state index contributed by atoms with van der Waals surface area (Å²) in [6.45, 7) is 0. The zero-order chi connectivity index (χ0) is 10.7. The van der Waals surface area contributed by atoms with Gasteiger partial charge in [-0.3, -0.25) is 0 Å². The third kappa shape index (κ3) is 3.77. The Morgan fingerprint density at radius 1 is 1.23 bits per heavy atom. The lowest BCUT2D eigenvalue weighted by atomic mass is 10.5. The lowest BCUT2D eigenvalue weighted by molar-refractivity contribution is -0.0435. The van der Waals surface area contributed by atoms with Crippen LogP contribution in [0.2, 0.25) is 0 Å². The molecule has 0 rings (SSSR count). The summed E-state index contributed by atoms with van der Waals surface area (Å²) in [6.07, 6.45) is 0. The first-order valence-corrected chi connectivity index (χ1v) is 5.56. The van der Waals surface area contributed by atoms with Gasteiger partial charge in [0.25, 0.3) is 0 Å². The molecule has 9 heteroatoms. The van der Waals surface area contributed by atoms with E-state index in [0.717, 1.165) is 0 Å². The Hall–Kier alpha value is 0.110. The number of alkyl halides is 3. The molecule has 0 aliphatic heterocycles. The quantitative estimate of drug-likeness (QED) is 0.585. The maximum Gasteiger partial charge on any atom is 0.518 e. The molecule has 0 unspecified atom stereocenters. The largest absolute Gasteiger partial charge is 0.518 e. The standard InChI is InChI=1S/C4H6F3NO2S3/c5-4(6,7)13(9,10)8-3(1-11)2-12/h11-12H,1-2H2. The smallest absolute Gasteiger partial charge is 0.195 e. The number of sulfonamides is 1. The minimum absolute atomic E-state index is 0.182. The molecule has 3 nitrogen and oxygen atoms in total. The van der Waals surface area contributed by atoms with E-state index in [9.17, 15) is 21.6 Å². The van der Waals surface area contributed by atoms with Crippen LogP contribution in [0.3, 0.4) is 0 Å². The van der Waals surface area contributed by atoms with Gasteiger partial charge in [-0.1, -0.05) is 0 Å². The van der Waals surface area contributed by atoms with Gasteiger partial charge in [-0.2, -0.15) is 51.2 Å². The second-order valence-corrected chi connectivity index (χ2v) is 4.12. The van der Waals surface area contributed by atoms with Crippen molar-refractivity contribution in [2.24, 2.45) is 4.40 Å². The minimum atomic E-state index is -5.43. The van der Waals surface area contributed by atoms with Gasteiger partial charge in [0.15, 0.2) is 0 Å². The van der Waals surface area contributed by atoms with Crippen LogP contribution in [-0.4, -0.2) is 31.1 Å². The summed E-state index contributed by atoms with van der Waals surface area (Å²) in [5.41, 5.74) is -5.60. The lowest BCUT2D eigenvalue weighted by Gasteiger charge is -2.04. The Kier molecular flexibility index (Phi) is 4.60. The first kappa shape index (κ1) is 13.1. The van der Waals surface area contributed by atoms with Crippen molar-refractivity contribution in [1.29, 1.82) is 0 Å². The highest BCUT2D eigenvalue weighted by atomic mass is 32.2. The number of hydrogen-bond donors (Lipinski definition) is 2. The van der Waals surface area contributed by atoms with Crippen LogP contribution < -0.4 is 0 Å². The monoisotopic (exact) mass is 253 g/mol. The van der Waals surface area contributed by atoms with Gasteiger partial charge < -0.3 is 0 Å². The summed E-state index contributed by atoms with van der Waals surface area (Å²) in [4.78, 5) is 0. The Balaban J connectivity index is 5.00. The predicted octanol–water partition coefficient (Wildman–Crippen LogP) is 1.14. The topological polar surface area (TPSA) is 46.5 Å². The van der Waals surface area contributed by atoms with Crippen LogP contribution >= 0.6 is 25.3 Å². The highest BCUT2D eigenvalue weighted by Crippen LogP contribution is 2.24. The molecule has 0 heterocycles. The number of rotatable bonds is 3. The molecule has 0 saturated carbocycles. The molecule has 0 aliphatic rings. The molecular weight excluding hydrogens is 247 g/mol. The molecule has 78 valence electrons. The van der Waals surface area contributed by atoms with Crippen molar-refractivity contribution >= 4 is 41.0 Å². The van der Waals surface area contributed by atoms with Gasteiger partial charge in [-0.05, 0) is 0 Å². The van der Waals surface area contributed by atoms with Gasteiger partial charge in [-0.25, -0.2) is 0 Å². The molecule has 0 aromatic heterocycles. The van der Waals surface area contributed by atoms with Crippen LogP contribution in [0.25, 0.3) is 0 Å². The molecule has 0 bridgehead atoms. The summed E-state index contributed by atoms with van der Waals surface area (Å²) in [7, 11) is -5.43. The molecular formula is C4H6F3NO2S3. The van der Waals surface area contributed by atoms with Gasteiger partial charge in [-0.15, -0.1) is 0 Å². The summed E-state index contributed by atoms with van der Waals surface area (Å²) in [5, 5.41) is 0. The lowest BCUT2D eigenvalue weighted by Crippen LogP contribution is -2.23. The molecule has 13 heavy (non-hydrogen) atoms. The average Bonchev–Trinajstić information content (AvgIpc) is 1.98. The fourth-order valence-electron chi connectivity index (χ4n) is 0.329. The zero-order valence-electron chi connectivity index (χ0n) is 6.11. The van der Waals surface area contributed by atoms with Crippen LogP contribution in [0.15, 0.2) is 4.40 Å². The maximum absolute atomic E-state index is 11.7. The summed E-state index contributed by atoms with van der Waals surface area (Å²) in [6, 6.07) is 0. The highest BCUT2D eigenvalue weighted by Gasteiger charge is 2.46. The molecule has 0 aromatic rings. The maximum atomic E-state index is 11.7. The molecule has 0 spiro atoms. The van der Waals surface area contributed by atoms with Gasteiger partial charge in [0.05, 0.1) is 5.71 Å². The van der Waals surface area contributed by atoms with Gasteiger partial charge in [0, 0.05) is 11.5 Å². The summed E-state index contributed by atoms with van der Waals surface area (Å²) < 4.78 is 58.5. The second kappa shape index (κ2) is 4.56. The van der Waals surface area contributed by atoms with Gasteiger partial charge >= 0.3 is 15.5 Å². The Bertz CT molecular complexity index is 288. The van der Waals surface area contributed by atoms with E-state index < -0.39 is 15.5 Å². The van der Waals surface area contributed by atoms with Crippen LogP contribution in [0.4, 0.5) is 13.2 Å². The van der Waals surface area contributed by atoms with E-state index in [1.807, 2.05) is 0 Å². The molecule has 0 saturated heterocycles. The Morgan fingerprint density at radius 3 is 1.85 bits per heavy atom. The molecule has 0 atom stereocenters. The van der Waals surface area contributed by atoms with Crippen molar-refractivity contribution < 1.29 is 21.6 Å². The molecule has 0 aliphatic carbocycles. The fraction of sp³-hybridized carbons (Fsp3) is 0.750. The van der Waals surface area contributed by atoms with E-state index in [0.29, 0.717) is 0 Å². The average molecular weight is 253 g/mol. The number of hydrogen-bond acceptors (Lipinski definition) is 4. The van der Waals surface area contributed by atoms with E-state index >= 15 is 0 Å². The first-order chi connectivity index (χ1) is 5.74. The van der Waals surface area contributed by atoms with E-state index in [2.05, 4.69) is 29.7 Å². The van der Waals surface area contributed by atoms with Crippen LogP contribution in [0.1, 0.15) is 0 Å². The minimum Gasteiger partial charge on any atom is -0.195 e. The van der Waals surface area contributed by atoms with Gasteiger partial charge in [0.1, 0.15) is 0 Å². The van der Waals surface area contributed by atoms with E-state index in [1.54, 1.807) is 0 Å². The van der Waals surface area contributed by atoms with E-state index in [1.165, 1.54) is 0 Å². The molecule has 0 N–H and O–H groups in total. The van der Waals surface area contributed by atoms with Crippen molar-refractivity contribution in [3.63, 3.8) is 0 Å². The number of halogens is 3. The zero-order valence-corrected chi connectivity index (χ0v) is 8.72. The van der Waals surface area contributed by atoms with Crippen molar-refractivity contribution in [1.82, 2.24) is 0 Å².